The molecule has 0 atom stereocenters. The number of ether oxygens (including phenoxy) is 1. The summed E-state index contributed by atoms with van der Waals surface area (Å²) in [5.41, 5.74) is 1.50. The zero-order valence-electron chi connectivity index (χ0n) is 9.06. The van der Waals surface area contributed by atoms with Gasteiger partial charge in [-0.2, -0.15) is 0 Å². The fraction of sp³-hybridized carbons (Fsp3) is 0.0714. The van der Waals surface area contributed by atoms with E-state index in [9.17, 15) is 4.79 Å². The Hall–Kier alpha value is -2.09. The summed E-state index contributed by atoms with van der Waals surface area (Å²) in [7, 11) is 0. The maximum atomic E-state index is 11.2. The fourth-order valence-corrected chi connectivity index (χ4v) is 1.14. The fourth-order valence-electron chi connectivity index (χ4n) is 1.14. The second-order valence-electron chi connectivity index (χ2n) is 3.19. The lowest BCUT2D eigenvalue weighted by molar-refractivity contribution is -0.133. The number of esters is 1. The number of carbonyl (C=O) groups is 1. The SMILES string of the molecule is C=COC(=O)C(=C)CC=Cc1ccccc1. The number of benzene rings is 1. The third kappa shape index (κ3) is 3.96. The van der Waals surface area contributed by atoms with Crippen molar-refractivity contribution < 1.29 is 9.53 Å². The molecule has 0 saturated carbocycles. The molecule has 0 bridgehead atoms. The minimum Gasteiger partial charge on any atom is -0.432 e. The first-order valence-corrected chi connectivity index (χ1v) is 4.95. The number of hydrogen-bond acceptors (Lipinski definition) is 2. The summed E-state index contributed by atoms with van der Waals surface area (Å²) in [5, 5.41) is 0. The molecule has 0 saturated heterocycles. The van der Waals surface area contributed by atoms with Crippen molar-refractivity contribution in [3.05, 3.63) is 67.0 Å². The van der Waals surface area contributed by atoms with Gasteiger partial charge in [0.15, 0.2) is 0 Å². The zero-order chi connectivity index (χ0) is 11.8. The summed E-state index contributed by atoms with van der Waals surface area (Å²) < 4.78 is 4.60. The van der Waals surface area contributed by atoms with Crippen LogP contribution in [0.15, 0.2) is 61.4 Å². The molecule has 1 rings (SSSR count). The van der Waals surface area contributed by atoms with Crippen molar-refractivity contribution in [3.8, 4) is 0 Å². The van der Waals surface area contributed by atoms with Gasteiger partial charge in [0.2, 0.25) is 0 Å². The van der Waals surface area contributed by atoms with Crippen molar-refractivity contribution in [3.63, 3.8) is 0 Å². The minimum absolute atomic E-state index is 0.409. The van der Waals surface area contributed by atoms with Crippen molar-refractivity contribution in [1.29, 1.82) is 0 Å². The molecule has 0 aliphatic carbocycles. The van der Waals surface area contributed by atoms with E-state index in [1.165, 1.54) is 0 Å². The molecule has 0 radical (unpaired) electrons. The van der Waals surface area contributed by atoms with E-state index in [2.05, 4.69) is 17.9 Å². The highest BCUT2D eigenvalue weighted by Crippen LogP contribution is 2.06. The van der Waals surface area contributed by atoms with Gasteiger partial charge in [-0.3, -0.25) is 0 Å². The molecule has 0 spiro atoms. The molecular formula is C14H14O2. The number of rotatable bonds is 5. The Labute approximate surface area is 95.6 Å². The van der Waals surface area contributed by atoms with Crippen LogP contribution in [0.1, 0.15) is 12.0 Å². The Morgan fingerprint density at radius 3 is 2.62 bits per heavy atom. The minimum atomic E-state index is -0.437. The monoisotopic (exact) mass is 214 g/mol. The molecule has 0 aliphatic heterocycles. The van der Waals surface area contributed by atoms with E-state index < -0.39 is 5.97 Å². The highest BCUT2D eigenvalue weighted by molar-refractivity contribution is 5.88. The van der Waals surface area contributed by atoms with Crippen LogP contribution in [0.2, 0.25) is 0 Å². The molecule has 2 nitrogen and oxygen atoms in total. The predicted molar refractivity (Wildman–Crippen MR) is 65.5 cm³/mol. The molecule has 0 aliphatic rings. The lowest BCUT2D eigenvalue weighted by Crippen LogP contribution is -2.01. The van der Waals surface area contributed by atoms with Crippen molar-refractivity contribution >= 4 is 12.0 Å². The molecule has 82 valence electrons. The Morgan fingerprint density at radius 2 is 2.00 bits per heavy atom. The van der Waals surface area contributed by atoms with E-state index in [4.69, 9.17) is 0 Å². The zero-order valence-corrected chi connectivity index (χ0v) is 9.06. The molecule has 16 heavy (non-hydrogen) atoms. The van der Waals surface area contributed by atoms with E-state index >= 15 is 0 Å². The van der Waals surface area contributed by atoms with Crippen LogP contribution in [-0.2, 0) is 9.53 Å². The van der Waals surface area contributed by atoms with Gasteiger partial charge in [-0.25, -0.2) is 4.79 Å². The van der Waals surface area contributed by atoms with Gasteiger partial charge in [0, 0.05) is 5.57 Å². The van der Waals surface area contributed by atoms with Crippen LogP contribution in [0.3, 0.4) is 0 Å². The normalized spacial score (nSPS) is 10.0. The third-order valence-electron chi connectivity index (χ3n) is 1.95. The highest BCUT2D eigenvalue weighted by atomic mass is 16.5. The third-order valence-corrected chi connectivity index (χ3v) is 1.95. The standard InChI is InChI=1S/C14H14O2/c1-3-16-14(15)12(2)8-7-11-13-9-5-4-6-10-13/h3-7,9-11H,1-2,8H2. The molecule has 0 aromatic heterocycles. The largest absolute Gasteiger partial charge is 0.432 e. The van der Waals surface area contributed by atoms with Crippen LogP contribution < -0.4 is 0 Å². The van der Waals surface area contributed by atoms with Crippen LogP contribution in [0.25, 0.3) is 6.08 Å². The average Bonchev–Trinajstić information content (AvgIpc) is 2.30. The summed E-state index contributed by atoms with van der Waals surface area (Å²) in [6.07, 6.45) is 5.39. The molecule has 0 amide bonds. The van der Waals surface area contributed by atoms with Crippen molar-refractivity contribution in [2.24, 2.45) is 0 Å². The van der Waals surface area contributed by atoms with Gasteiger partial charge in [0.05, 0.1) is 6.26 Å². The Balaban J connectivity index is 2.46. The second-order valence-corrected chi connectivity index (χ2v) is 3.19. The average molecular weight is 214 g/mol. The van der Waals surface area contributed by atoms with Gasteiger partial charge in [-0.1, -0.05) is 55.6 Å². The van der Waals surface area contributed by atoms with Crippen LogP contribution in [0.5, 0.6) is 0 Å². The highest BCUT2D eigenvalue weighted by Gasteiger charge is 2.03. The number of allylic oxidation sites excluding steroid dienone is 1. The summed E-state index contributed by atoms with van der Waals surface area (Å²) in [4.78, 5) is 11.2. The van der Waals surface area contributed by atoms with Gasteiger partial charge in [0.1, 0.15) is 0 Å². The molecule has 0 heterocycles. The molecular weight excluding hydrogens is 200 g/mol. The van der Waals surface area contributed by atoms with Crippen LogP contribution in [-0.4, -0.2) is 5.97 Å². The van der Waals surface area contributed by atoms with Gasteiger partial charge < -0.3 is 4.74 Å². The molecule has 2 heteroatoms. The van der Waals surface area contributed by atoms with Gasteiger partial charge in [-0.05, 0) is 12.0 Å². The summed E-state index contributed by atoms with van der Waals surface area (Å²) >= 11 is 0. The second kappa shape index (κ2) is 6.40. The summed E-state index contributed by atoms with van der Waals surface area (Å²) in [6, 6.07) is 9.85. The van der Waals surface area contributed by atoms with E-state index in [1.807, 2.05) is 42.5 Å². The molecule has 0 N–H and O–H groups in total. The summed E-state index contributed by atoms with van der Waals surface area (Å²) in [5.74, 6) is -0.437. The van der Waals surface area contributed by atoms with Crippen LogP contribution in [0, 0.1) is 0 Å². The first kappa shape index (κ1) is 12.0. The Kier molecular flexibility index (Phi) is 4.80. The molecule has 0 unspecified atom stereocenters. The predicted octanol–water partition coefficient (Wildman–Crippen LogP) is 3.33. The molecule has 1 aromatic carbocycles. The van der Waals surface area contributed by atoms with Gasteiger partial charge in [0.25, 0.3) is 0 Å². The first-order valence-electron chi connectivity index (χ1n) is 4.95. The summed E-state index contributed by atoms with van der Waals surface area (Å²) in [6.45, 7) is 6.94. The quantitative estimate of drug-likeness (QED) is 0.427. The maximum absolute atomic E-state index is 11.2. The van der Waals surface area contributed by atoms with E-state index in [-0.39, 0.29) is 0 Å². The maximum Gasteiger partial charge on any atom is 0.338 e. The molecule has 0 fully saturated rings. The number of hydrogen-bond donors (Lipinski definition) is 0. The Bertz CT molecular complexity index is 402. The lowest BCUT2D eigenvalue weighted by atomic mass is 10.1. The van der Waals surface area contributed by atoms with Crippen LogP contribution >= 0.6 is 0 Å². The van der Waals surface area contributed by atoms with Gasteiger partial charge >= 0.3 is 5.97 Å². The lowest BCUT2D eigenvalue weighted by Gasteiger charge is -1.99. The van der Waals surface area contributed by atoms with Gasteiger partial charge in [-0.15, -0.1) is 0 Å². The van der Waals surface area contributed by atoms with Crippen molar-refractivity contribution in [1.82, 2.24) is 0 Å². The topological polar surface area (TPSA) is 26.3 Å². The molecule has 1 aromatic rings. The smallest absolute Gasteiger partial charge is 0.338 e. The van der Waals surface area contributed by atoms with E-state index in [0.717, 1.165) is 11.8 Å². The van der Waals surface area contributed by atoms with Crippen molar-refractivity contribution in [2.45, 2.75) is 6.42 Å². The van der Waals surface area contributed by atoms with E-state index in [1.54, 1.807) is 0 Å². The van der Waals surface area contributed by atoms with Crippen LogP contribution in [0.4, 0.5) is 0 Å². The van der Waals surface area contributed by atoms with E-state index in [0.29, 0.717) is 12.0 Å². The number of carbonyl (C=O) groups excluding carboxylic acids is 1. The van der Waals surface area contributed by atoms with Crippen molar-refractivity contribution in [2.75, 3.05) is 0 Å². The Morgan fingerprint density at radius 1 is 1.31 bits per heavy atom. The first-order chi connectivity index (χ1) is 7.74.